The van der Waals surface area contributed by atoms with Crippen LogP contribution in [0.25, 0.3) is 10.6 Å². The number of hydrogen-bond donors (Lipinski definition) is 2. The molecule has 184 valence electrons. The van der Waals surface area contributed by atoms with Crippen LogP contribution in [0, 0.1) is 0 Å². The predicted molar refractivity (Wildman–Crippen MR) is 155 cm³/mol. The standard InChI is InChI=1S/C28H20ClN3O2S3/c29-20-9-4-8-19(16-20)26(33)30-21-11-13-22(14-12-21)37-25(18-6-2-1-3-7-18)27(34)32-28-31-23(17-36-28)24-10-5-15-35-24/h1-17,25H,(H,30,33)(H,31,32,34). The van der Waals surface area contributed by atoms with Gasteiger partial charge in [-0.05, 0) is 59.5 Å². The molecular formula is C28H20ClN3O2S3. The zero-order valence-electron chi connectivity index (χ0n) is 19.3. The number of benzene rings is 3. The minimum Gasteiger partial charge on any atom is -0.322 e. The predicted octanol–water partition coefficient (Wildman–Crippen LogP) is 8.25. The molecule has 0 bridgehead atoms. The first-order chi connectivity index (χ1) is 18.0. The number of thiazole rings is 1. The number of anilines is 2. The lowest BCUT2D eigenvalue weighted by Gasteiger charge is -2.16. The van der Waals surface area contributed by atoms with E-state index in [4.69, 9.17) is 11.6 Å². The molecule has 3 aromatic carbocycles. The van der Waals surface area contributed by atoms with E-state index in [-0.39, 0.29) is 11.8 Å². The van der Waals surface area contributed by atoms with Gasteiger partial charge in [-0.1, -0.05) is 54.1 Å². The van der Waals surface area contributed by atoms with Gasteiger partial charge in [0.05, 0.1) is 10.6 Å². The fraction of sp³-hybridized carbons (Fsp3) is 0.0357. The monoisotopic (exact) mass is 561 g/mol. The maximum atomic E-state index is 13.4. The highest BCUT2D eigenvalue weighted by Gasteiger charge is 2.23. The van der Waals surface area contributed by atoms with Crippen molar-refractivity contribution in [3.8, 4) is 10.6 Å². The van der Waals surface area contributed by atoms with Gasteiger partial charge in [-0.15, -0.1) is 34.4 Å². The molecule has 2 N–H and O–H groups in total. The number of nitrogens with one attached hydrogen (secondary N) is 2. The fourth-order valence-corrected chi connectivity index (χ4v) is 6.22. The van der Waals surface area contributed by atoms with Gasteiger partial charge in [-0.25, -0.2) is 4.98 Å². The maximum Gasteiger partial charge on any atom is 0.255 e. The van der Waals surface area contributed by atoms with E-state index < -0.39 is 5.25 Å². The third-order valence-corrected chi connectivity index (χ3v) is 8.45. The van der Waals surface area contributed by atoms with E-state index in [2.05, 4.69) is 15.6 Å². The van der Waals surface area contributed by atoms with E-state index in [1.807, 2.05) is 77.5 Å². The van der Waals surface area contributed by atoms with Crippen molar-refractivity contribution in [3.05, 3.63) is 118 Å². The van der Waals surface area contributed by atoms with Crippen LogP contribution in [-0.4, -0.2) is 16.8 Å². The van der Waals surface area contributed by atoms with Gasteiger partial charge in [0.1, 0.15) is 5.25 Å². The number of thiophene rings is 1. The second kappa shape index (κ2) is 11.7. The minimum atomic E-state index is -0.484. The van der Waals surface area contributed by atoms with Gasteiger partial charge in [0, 0.05) is 26.5 Å². The summed E-state index contributed by atoms with van der Waals surface area (Å²) in [4.78, 5) is 32.4. The minimum absolute atomic E-state index is 0.151. The molecule has 2 amide bonds. The van der Waals surface area contributed by atoms with E-state index in [0.717, 1.165) is 21.0 Å². The molecular weight excluding hydrogens is 542 g/mol. The van der Waals surface area contributed by atoms with E-state index in [9.17, 15) is 9.59 Å². The Morgan fingerprint density at radius 1 is 0.865 bits per heavy atom. The molecule has 0 aliphatic heterocycles. The SMILES string of the molecule is O=C(Nc1ccc(SC(C(=O)Nc2nc(-c3cccs3)cs2)c2ccccc2)cc1)c1cccc(Cl)c1. The topological polar surface area (TPSA) is 71.1 Å². The van der Waals surface area contributed by atoms with Crippen LogP contribution >= 0.6 is 46.0 Å². The summed E-state index contributed by atoms with van der Waals surface area (Å²) in [6.07, 6.45) is 0. The molecule has 0 fully saturated rings. The molecule has 0 aliphatic carbocycles. The van der Waals surface area contributed by atoms with Crippen molar-refractivity contribution in [2.24, 2.45) is 0 Å². The maximum absolute atomic E-state index is 13.4. The first-order valence-electron chi connectivity index (χ1n) is 11.2. The largest absolute Gasteiger partial charge is 0.322 e. The molecule has 0 saturated heterocycles. The van der Waals surface area contributed by atoms with Gasteiger partial charge in [-0.3, -0.25) is 9.59 Å². The van der Waals surface area contributed by atoms with Gasteiger partial charge in [0.15, 0.2) is 5.13 Å². The number of amides is 2. The van der Waals surface area contributed by atoms with Crippen molar-refractivity contribution in [2.75, 3.05) is 10.6 Å². The van der Waals surface area contributed by atoms with Crippen molar-refractivity contribution < 1.29 is 9.59 Å². The van der Waals surface area contributed by atoms with Crippen LogP contribution in [0.5, 0.6) is 0 Å². The lowest BCUT2D eigenvalue weighted by atomic mass is 10.1. The van der Waals surface area contributed by atoms with Crippen molar-refractivity contribution in [1.29, 1.82) is 0 Å². The average Bonchev–Trinajstić information content (AvgIpc) is 3.61. The lowest BCUT2D eigenvalue weighted by molar-refractivity contribution is -0.115. The van der Waals surface area contributed by atoms with Crippen molar-refractivity contribution in [2.45, 2.75) is 10.1 Å². The molecule has 9 heteroatoms. The average molecular weight is 562 g/mol. The zero-order chi connectivity index (χ0) is 25.6. The van der Waals surface area contributed by atoms with Crippen LogP contribution < -0.4 is 10.6 Å². The van der Waals surface area contributed by atoms with E-state index in [0.29, 0.717) is 21.4 Å². The van der Waals surface area contributed by atoms with Gasteiger partial charge in [-0.2, -0.15) is 0 Å². The summed E-state index contributed by atoms with van der Waals surface area (Å²) in [5.41, 5.74) is 2.88. The molecule has 5 nitrogen and oxygen atoms in total. The Labute approximate surface area is 231 Å². The first kappa shape index (κ1) is 25.2. The smallest absolute Gasteiger partial charge is 0.255 e. The number of thioether (sulfide) groups is 1. The zero-order valence-corrected chi connectivity index (χ0v) is 22.5. The van der Waals surface area contributed by atoms with Gasteiger partial charge in [0.2, 0.25) is 5.91 Å². The van der Waals surface area contributed by atoms with Gasteiger partial charge < -0.3 is 10.6 Å². The third-order valence-electron chi connectivity index (χ3n) is 5.30. The highest BCUT2D eigenvalue weighted by atomic mass is 35.5. The Kier molecular flexibility index (Phi) is 8.01. The van der Waals surface area contributed by atoms with Gasteiger partial charge >= 0.3 is 0 Å². The van der Waals surface area contributed by atoms with Crippen LogP contribution in [0.15, 0.2) is 107 Å². The summed E-state index contributed by atoms with van der Waals surface area (Å²) < 4.78 is 0. The summed E-state index contributed by atoms with van der Waals surface area (Å²) in [7, 11) is 0. The molecule has 2 heterocycles. The summed E-state index contributed by atoms with van der Waals surface area (Å²) in [5, 5.41) is 10.4. The number of aromatic nitrogens is 1. The fourth-order valence-electron chi connectivity index (χ4n) is 3.53. The molecule has 0 aliphatic rings. The summed E-state index contributed by atoms with van der Waals surface area (Å²) >= 11 is 10.5. The van der Waals surface area contributed by atoms with E-state index in [1.54, 1.807) is 35.6 Å². The lowest BCUT2D eigenvalue weighted by Crippen LogP contribution is -2.19. The molecule has 1 unspecified atom stereocenters. The number of carbonyl (C=O) groups excluding carboxylic acids is 2. The normalized spacial score (nSPS) is 11.6. The third kappa shape index (κ3) is 6.47. The van der Waals surface area contributed by atoms with E-state index in [1.165, 1.54) is 23.1 Å². The molecule has 0 radical (unpaired) electrons. The quantitative estimate of drug-likeness (QED) is 0.187. The number of rotatable bonds is 8. The molecule has 1 atom stereocenters. The Balaban J connectivity index is 1.29. The summed E-state index contributed by atoms with van der Waals surface area (Å²) in [6.45, 7) is 0. The number of halogens is 1. The van der Waals surface area contributed by atoms with E-state index >= 15 is 0 Å². The van der Waals surface area contributed by atoms with Crippen molar-refractivity contribution in [1.82, 2.24) is 4.98 Å². The Bertz CT molecular complexity index is 1500. The molecule has 5 aromatic rings. The van der Waals surface area contributed by atoms with Crippen LogP contribution in [0.4, 0.5) is 10.8 Å². The molecule has 2 aromatic heterocycles. The molecule has 0 saturated carbocycles. The van der Waals surface area contributed by atoms with Gasteiger partial charge in [0.25, 0.3) is 5.91 Å². The van der Waals surface area contributed by atoms with Crippen LogP contribution in [0.1, 0.15) is 21.2 Å². The van der Waals surface area contributed by atoms with Crippen LogP contribution in [-0.2, 0) is 4.79 Å². The number of carbonyl (C=O) groups is 2. The van der Waals surface area contributed by atoms with Crippen molar-refractivity contribution >= 4 is 68.7 Å². The summed E-state index contributed by atoms with van der Waals surface area (Å²) in [6, 6.07) is 27.8. The highest BCUT2D eigenvalue weighted by Crippen LogP contribution is 2.37. The second-order valence-corrected chi connectivity index (χ2v) is 11.3. The van der Waals surface area contributed by atoms with Crippen molar-refractivity contribution in [3.63, 3.8) is 0 Å². The van der Waals surface area contributed by atoms with Crippen LogP contribution in [0.3, 0.4) is 0 Å². The van der Waals surface area contributed by atoms with Crippen LogP contribution in [0.2, 0.25) is 5.02 Å². The first-order valence-corrected chi connectivity index (χ1v) is 14.3. The molecule has 37 heavy (non-hydrogen) atoms. The Morgan fingerprint density at radius 3 is 2.41 bits per heavy atom. The Hall–Kier alpha value is -3.43. The number of nitrogens with zero attached hydrogens (tertiary/aromatic N) is 1. The number of hydrogen-bond acceptors (Lipinski definition) is 6. The summed E-state index contributed by atoms with van der Waals surface area (Å²) in [5.74, 6) is -0.392. The molecule has 0 spiro atoms. The second-order valence-electron chi connectivity index (χ2n) is 7.90. The Morgan fingerprint density at radius 2 is 1.68 bits per heavy atom. The highest BCUT2D eigenvalue weighted by molar-refractivity contribution is 8.00. The molecule has 5 rings (SSSR count).